The highest BCUT2D eigenvalue weighted by atomic mass is 32.2. The van der Waals surface area contributed by atoms with Crippen LogP contribution >= 0.6 is 0 Å². The molecule has 1 aromatic heterocycles. The zero-order valence-electron chi connectivity index (χ0n) is 10.9. The van der Waals surface area contributed by atoms with Crippen molar-refractivity contribution in [3.05, 3.63) is 6.20 Å². The highest BCUT2D eigenvalue weighted by Gasteiger charge is 2.44. The zero-order chi connectivity index (χ0) is 13.6. The van der Waals surface area contributed by atoms with Crippen molar-refractivity contribution in [3.63, 3.8) is 0 Å². The number of aromatic nitrogens is 3. The van der Waals surface area contributed by atoms with Gasteiger partial charge in [-0.15, -0.1) is 5.10 Å². The van der Waals surface area contributed by atoms with E-state index in [9.17, 15) is 8.42 Å². The highest BCUT2D eigenvalue weighted by Crippen LogP contribution is 2.37. The minimum Gasteiger partial charge on any atom is -0.327 e. The van der Waals surface area contributed by atoms with E-state index < -0.39 is 10.0 Å². The summed E-state index contributed by atoms with van der Waals surface area (Å²) in [5.74, 6) is 0.699. The van der Waals surface area contributed by atoms with Crippen molar-refractivity contribution in [1.82, 2.24) is 19.3 Å². The second-order valence-electron chi connectivity index (χ2n) is 5.54. The number of nitrogens with two attached hydrogens (primary N) is 1. The molecule has 0 bridgehead atoms. The van der Waals surface area contributed by atoms with Crippen LogP contribution in [0.4, 0.5) is 0 Å². The summed E-state index contributed by atoms with van der Waals surface area (Å²) in [4.78, 5) is 0. The lowest BCUT2D eigenvalue weighted by Crippen LogP contribution is -2.38. The number of hydrogen-bond acceptors (Lipinski definition) is 5. The Labute approximate surface area is 112 Å². The summed E-state index contributed by atoms with van der Waals surface area (Å²) in [5, 5.41) is 7.50. The molecule has 8 heteroatoms. The minimum atomic E-state index is -3.49. The number of fused-ring (bicyclic) bond motifs is 1. The number of rotatable bonds is 2. The molecule has 2 N–H and O–H groups in total. The minimum absolute atomic E-state index is 0.128. The van der Waals surface area contributed by atoms with E-state index in [0.717, 1.165) is 19.3 Å². The Bertz CT molecular complexity index is 569. The topological polar surface area (TPSA) is 94.1 Å². The summed E-state index contributed by atoms with van der Waals surface area (Å²) in [5.41, 5.74) is 6.12. The molecule has 2 fully saturated rings. The summed E-state index contributed by atoms with van der Waals surface area (Å²) in [7, 11) is -1.90. The smallest absolute Gasteiger partial charge is 0.261 e. The van der Waals surface area contributed by atoms with Gasteiger partial charge in [0.1, 0.15) is 0 Å². The molecule has 1 saturated heterocycles. The third-order valence-corrected chi connectivity index (χ3v) is 6.27. The van der Waals surface area contributed by atoms with Gasteiger partial charge in [0.2, 0.25) is 0 Å². The predicted octanol–water partition coefficient (Wildman–Crippen LogP) is -0.437. The maximum absolute atomic E-state index is 12.6. The van der Waals surface area contributed by atoms with Gasteiger partial charge in [-0.25, -0.2) is 13.1 Å². The molecule has 19 heavy (non-hydrogen) atoms. The number of nitrogens with zero attached hydrogens (tertiary/aromatic N) is 4. The summed E-state index contributed by atoms with van der Waals surface area (Å²) >= 11 is 0. The van der Waals surface area contributed by atoms with Crippen LogP contribution in [0.5, 0.6) is 0 Å². The van der Waals surface area contributed by atoms with Crippen molar-refractivity contribution in [2.45, 2.75) is 30.3 Å². The van der Waals surface area contributed by atoms with E-state index in [1.54, 1.807) is 11.4 Å². The van der Waals surface area contributed by atoms with Gasteiger partial charge >= 0.3 is 0 Å². The molecule has 0 amide bonds. The van der Waals surface area contributed by atoms with Gasteiger partial charge in [0.15, 0.2) is 5.03 Å². The van der Waals surface area contributed by atoms with Gasteiger partial charge in [0, 0.05) is 26.2 Å². The first kappa shape index (κ1) is 13.0. The van der Waals surface area contributed by atoms with Crippen LogP contribution < -0.4 is 5.73 Å². The molecular formula is C11H19N5O2S. The van der Waals surface area contributed by atoms with Crippen molar-refractivity contribution >= 4 is 10.0 Å². The van der Waals surface area contributed by atoms with E-state index in [4.69, 9.17) is 5.73 Å². The molecule has 3 atom stereocenters. The van der Waals surface area contributed by atoms with Gasteiger partial charge in [-0.05, 0) is 24.7 Å². The van der Waals surface area contributed by atoms with Crippen molar-refractivity contribution in [2.24, 2.45) is 24.6 Å². The number of hydrogen-bond donors (Lipinski definition) is 1. The average Bonchev–Trinajstić information content (AvgIpc) is 2.96. The van der Waals surface area contributed by atoms with Crippen molar-refractivity contribution in [3.8, 4) is 0 Å². The largest absolute Gasteiger partial charge is 0.327 e. The van der Waals surface area contributed by atoms with Crippen LogP contribution in [0.2, 0.25) is 0 Å². The normalized spacial score (nSPS) is 32.4. The van der Waals surface area contributed by atoms with Crippen molar-refractivity contribution in [2.75, 3.05) is 13.1 Å². The zero-order valence-corrected chi connectivity index (χ0v) is 11.8. The van der Waals surface area contributed by atoms with Gasteiger partial charge in [-0.3, -0.25) is 0 Å². The fourth-order valence-electron chi connectivity index (χ4n) is 3.32. The van der Waals surface area contributed by atoms with Crippen LogP contribution in [0.1, 0.15) is 19.3 Å². The quantitative estimate of drug-likeness (QED) is 0.795. The van der Waals surface area contributed by atoms with Gasteiger partial charge in [-0.2, -0.15) is 4.31 Å². The van der Waals surface area contributed by atoms with Crippen LogP contribution in [-0.4, -0.2) is 46.8 Å². The van der Waals surface area contributed by atoms with Gasteiger partial charge in [-0.1, -0.05) is 11.6 Å². The van der Waals surface area contributed by atoms with E-state index in [1.165, 1.54) is 10.9 Å². The molecule has 0 aromatic carbocycles. The SMILES string of the molecule is Cn1nncc1S(=O)(=O)N1CC2CCCC(N)C2C1. The molecule has 7 nitrogen and oxygen atoms in total. The van der Waals surface area contributed by atoms with Crippen LogP contribution in [0.15, 0.2) is 11.2 Å². The Morgan fingerprint density at radius 3 is 2.79 bits per heavy atom. The lowest BCUT2D eigenvalue weighted by molar-refractivity contribution is 0.260. The van der Waals surface area contributed by atoms with Gasteiger partial charge in [0.25, 0.3) is 10.0 Å². The van der Waals surface area contributed by atoms with E-state index in [1.807, 2.05) is 0 Å². The van der Waals surface area contributed by atoms with E-state index in [2.05, 4.69) is 10.3 Å². The van der Waals surface area contributed by atoms with E-state index >= 15 is 0 Å². The Kier molecular flexibility index (Phi) is 3.11. The Balaban J connectivity index is 1.86. The molecule has 1 aliphatic carbocycles. The van der Waals surface area contributed by atoms with Gasteiger partial charge < -0.3 is 5.73 Å². The molecule has 1 aliphatic heterocycles. The van der Waals surface area contributed by atoms with Crippen molar-refractivity contribution < 1.29 is 8.42 Å². The average molecular weight is 285 g/mol. The predicted molar refractivity (Wildman–Crippen MR) is 68.6 cm³/mol. The lowest BCUT2D eigenvalue weighted by atomic mass is 9.78. The fraction of sp³-hybridized carbons (Fsp3) is 0.818. The molecule has 2 aliphatic rings. The second kappa shape index (κ2) is 4.53. The van der Waals surface area contributed by atoms with Crippen LogP contribution in [0.25, 0.3) is 0 Å². The highest BCUT2D eigenvalue weighted by molar-refractivity contribution is 7.89. The van der Waals surface area contributed by atoms with Crippen molar-refractivity contribution in [1.29, 1.82) is 0 Å². The summed E-state index contributed by atoms with van der Waals surface area (Å²) in [6.07, 6.45) is 4.48. The summed E-state index contributed by atoms with van der Waals surface area (Å²) < 4.78 is 28.0. The Morgan fingerprint density at radius 2 is 2.16 bits per heavy atom. The molecular weight excluding hydrogens is 266 g/mol. The third kappa shape index (κ3) is 2.07. The van der Waals surface area contributed by atoms with E-state index in [-0.39, 0.29) is 11.1 Å². The summed E-state index contributed by atoms with van der Waals surface area (Å²) in [6.45, 7) is 1.10. The van der Waals surface area contributed by atoms with Crippen LogP contribution in [0, 0.1) is 11.8 Å². The van der Waals surface area contributed by atoms with Gasteiger partial charge in [0.05, 0.1) is 6.20 Å². The molecule has 0 spiro atoms. The maximum Gasteiger partial charge on any atom is 0.261 e. The molecule has 1 aromatic rings. The standard InChI is InChI=1S/C11H19N5O2S/c1-15-11(5-13-14-15)19(17,18)16-6-8-3-2-4-10(12)9(8)7-16/h5,8-10H,2-4,6-7,12H2,1H3. The molecule has 3 rings (SSSR count). The van der Waals surface area contributed by atoms with Crippen LogP contribution in [-0.2, 0) is 17.1 Å². The van der Waals surface area contributed by atoms with Crippen LogP contribution in [0.3, 0.4) is 0 Å². The summed E-state index contributed by atoms with van der Waals surface area (Å²) in [6, 6.07) is 0.128. The first-order chi connectivity index (χ1) is 9.00. The molecule has 3 unspecified atom stereocenters. The molecule has 106 valence electrons. The molecule has 2 heterocycles. The third-order valence-electron chi connectivity index (χ3n) is 4.40. The lowest BCUT2D eigenvalue weighted by Gasteiger charge is -2.29. The fourth-order valence-corrected chi connectivity index (χ4v) is 4.89. The maximum atomic E-state index is 12.6. The molecule has 0 radical (unpaired) electrons. The first-order valence-electron chi connectivity index (χ1n) is 6.60. The number of aryl methyl sites for hydroxylation is 1. The monoisotopic (exact) mass is 285 g/mol. The second-order valence-corrected chi connectivity index (χ2v) is 7.42. The van der Waals surface area contributed by atoms with E-state index in [0.29, 0.717) is 24.9 Å². The number of sulfonamides is 1. The first-order valence-corrected chi connectivity index (χ1v) is 8.04. The molecule has 1 saturated carbocycles. The Morgan fingerprint density at radius 1 is 1.37 bits per heavy atom. The Hall–Kier alpha value is -0.990.